The van der Waals surface area contributed by atoms with E-state index in [0.29, 0.717) is 0 Å². The van der Waals surface area contributed by atoms with E-state index in [0.717, 1.165) is 65.2 Å². The third-order valence-electron chi connectivity index (χ3n) is 6.58. The predicted octanol–water partition coefficient (Wildman–Crippen LogP) is 9.73. The molecule has 0 atom stereocenters. The highest BCUT2D eigenvalue weighted by atomic mass is 35.5. The highest BCUT2D eigenvalue weighted by molar-refractivity contribution is 7.25. The maximum absolute atomic E-state index is 6.38. The molecule has 0 N–H and O–H groups in total. The maximum Gasteiger partial charge on any atom is 0.224 e. The van der Waals surface area contributed by atoms with Gasteiger partial charge in [-0.1, -0.05) is 104 Å². The number of hydrogen-bond acceptors (Lipinski definition) is 4. The van der Waals surface area contributed by atoms with Gasteiger partial charge in [0.25, 0.3) is 0 Å². The second-order valence-electron chi connectivity index (χ2n) is 9.18. The van der Waals surface area contributed by atoms with Gasteiger partial charge in [0.05, 0.1) is 11.4 Å². The molecule has 2 aromatic heterocycles. The second kappa shape index (κ2) is 10.8. The first-order valence-electron chi connectivity index (χ1n) is 12.6. The minimum atomic E-state index is 0.241. The molecule has 0 amide bonds. The van der Waals surface area contributed by atoms with Crippen LogP contribution in [0.4, 0.5) is 0 Å². The van der Waals surface area contributed by atoms with Crippen LogP contribution in [-0.4, -0.2) is 15.7 Å². The van der Waals surface area contributed by atoms with Crippen molar-refractivity contribution in [1.29, 1.82) is 0 Å². The van der Waals surface area contributed by atoms with Gasteiger partial charge in [-0.05, 0) is 53.4 Å². The Balaban J connectivity index is 1.44. The van der Waals surface area contributed by atoms with Crippen molar-refractivity contribution in [3.63, 3.8) is 0 Å². The first-order valence-corrected chi connectivity index (χ1v) is 13.8. The lowest BCUT2D eigenvalue weighted by molar-refractivity contribution is 1.24. The van der Waals surface area contributed by atoms with Gasteiger partial charge in [0.1, 0.15) is 4.83 Å². The Morgan fingerprint density at radius 1 is 0.795 bits per heavy atom. The third kappa shape index (κ3) is 5.17. The van der Waals surface area contributed by atoms with Gasteiger partial charge in [-0.15, -0.1) is 11.3 Å². The number of hydrogen-bond donors (Lipinski definition) is 0. The van der Waals surface area contributed by atoms with E-state index >= 15 is 0 Å². The smallest absolute Gasteiger partial charge is 0.224 e. The van der Waals surface area contributed by atoms with Gasteiger partial charge in [-0.2, -0.15) is 0 Å². The van der Waals surface area contributed by atoms with Crippen LogP contribution in [0.1, 0.15) is 23.6 Å². The molecule has 3 nitrogen and oxygen atoms in total. The number of thiophene rings is 1. The minimum Gasteiger partial charge on any atom is -0.252 e. The Morgan fingerprint density at radius 3 is 2.23 bits per heavy atom. The molecule has 188 valence electrons. The second-order valence-corrected chi connectivity index (χ2v) is 10.6. The van der Waals surface area contributed by atoms with Gasteiger partial charge in [0.2, 0.25) is 5.28 Å². The fourth-order valence-corrected chi connectivity index (χ4v) is 5.93. The zero-order valence-corrected chi connectivity index (χ0v) is 22.9. The van der Waals surface area contributed by atoms with Crippen LogP contribution in [0.15, 0.2) is 127 Å². The van der Waals surface area contributed by atoms with Crippen molar-refractivity contribution in [2.45, 2.75) is 6.92 Å². The molecule has 0 fully saturated rings. The van der Waals surface area contributed by atoms with E-state index in [1.807, 2.05) is 67.6 Å². The summed E-state index contributed by atoms with van der Waals surface area (Å²) in [5.74, 6) is 0. The van der Waals surface area contributed by atoms with E-state index in [-0.39, 0.29) is 5.28 Å². The molecule has 0 aliphatic rings. The Kier molecular flexibility index (Phi) is 6.89. The highest BCUT2D eigenvalue weighted by Crippen LogP contribution is 2.39. The van der Waals surface area contributed by atoms with E-state index in [4.69, 9.17) is 16.6 Å². The normalized spacial score (nSPS) is 12.3. The van der Waals surface area contributed by atoms with Crippen LogP contribution in [0.25, 0.3) is 42.8 Å². The Morgan fingerprint density at radius 2 is 1.46 bits per heavy atom. The number of aliphatic imine (C=N–C) groups is 1. The summed E-state index contributed by atoms with van der Waals surface area (Å²) >= 11 is 8.01. The largest absolute Gasteiger partial charge is 0.252 e. The lowest BCUT2D eigenvalue weighted by Crippen LogP contribution is -1.95. The average Bonchev–Trinajstić information content (AvgIpc) is 3.35. The zero-order valence-electron chi connectivity index (χ0n) is 21.3. The Hall–Kier alpha value is -4.38. The Labute approximate surface area is 236 Å². The highest BCUT2D eigenvalue weighted by Gasteiger charge is 2.16. The van der Waals surface area contributed by atoms with Crippen molar-refractivity contribution >= 4 is 60.2 Å². The van der Waals surface area contributed by atoms with Crippen LogP contribution in [0, 0.1) is 0 Å². The topological polar surface area (TPSA) is 38.1 Å². The number of halogens is 1. The van der Waals surface area contributed by atoms with Crippen LogP contribution >= 0.6 is 22.9 Å². The van der Waals surface area contributed by atoms with Crippen molar-refractivity contribution in [3.05, 3.63) is 144 Å². The molecule has 0 bridgehead atoms. The summed E-state index contributed by atoms with van der Waals surface area (Å²) < 4.78 is 1.16. The van der Waals surface area contributed by atoms with E-state index in [1.54, 1.807) is 11.3 Å². The van der Waals surface area contributed by atoms with E-state index in [2.05, 4.69) is 71.1 Å². The monoisotopic (exact) mass is 541 g/mol. The van der Waals surface area contributed by atoms with Crippen molar-refractivity contribution in [1.82, 2.24) is 9.97 Å². The summed E-state index contributed by atoms with van der Waals surface area (Å²) in [6.07, 6.45) is 2.05. The average molecular weight is 542 g/mol. The molecular weight excluding hydrogens is 518 g/mol. The number of aromatic nitrogens is 2. The molecule has 0 aliphatic carbocycles. The first kappa shape index (κ1) is 24.9. The molecule has 0 saturated carbocycles. The van der Waals surface area contributed by atoms with E-state index in [1.165, 1.54) is 0 Å². The van der Waals surface area contributed by atoms with Gasteiger partial charge in [0, 0.05) is 32.3 Å². The van der Waals surface area contributed by atoms with Crippen LogP contribution < -0.4 is 0 Å². The Bertz CT molecular complexity index is 1890. The molecular formula is C34H24ClN3S. The molecule has 5 heteroatoms. The summed E-state index contributed by atoms with van der Waals surface area (Å²) in [7, 11) is 0. The number of allylic oxidation sites excluding steroid dienone is 2. The summed E-state index contributed by atoms with van der Waals surface area (Å²) in [6.45, 7) is 6.45. The van der Waals surface area contributed by atoms with E-state index in [9.17, 15) is 0 Å². The van der Waals surface area contributed by atoms with Gasteiger partial charge in [0.15, 0.2) is 0 Å². The standard InChI is InChI=1S/C34H24ClN3S/c1-22(20-29(25-14-7-4-8-15-25)36-23(2)24-12-5-3-6-13-24)26-16-11-17-27(21-26)32-31-28-18-9-10-19-30(28)39-33(31)38-34(35)37-32/h3-21H,1H2,2H3/b29-20-,36-23?. The van der Waals surface area contributed by atoms with Crippen molar-refractivity contribution in [2.75, 3.05) is 0 Å². The molecule has 39 heavy (non-hydrogen) atoms. The molecule has 0 saturated heterocycles. The lowest BCUT2D eigenvalue weighted by Gasteiger charge is -2.10. The quantitative estimate of drug-likeness (QED) is 0.119. The number of nitrogens with zero attached hydrogens (tertiary/aromatic N) is 3. The molecule has 0 aliphatic heterocycles. The molecule has 0 radical (unpaired) electrons. The summed E-state index contributed by atoms with van der Waals surface area (Å²) in [6, 6.07) is 36.9. The van der Waals surface area contributed by atoms with Crippen LogP contribution in [0.2, 0.25) is 5.28 Å². The summed E-state index contributed by atoms with van der Waals surface area (Å²) in [4.78, 5) is 15.1. The number of fused-ring (bicyclic) bond motifs is 3. The van der Waals surface area contributed by atoms with Gasteiger partial charge in [-0.25, -0.2) is 9.97 Å². The molecule has 6 rings (SSSR count). The summed E-state index contributed by atoms with van der Waals surface area (Å²) in [5, 5.41) is 2.39. The first-order chi connectivity index (χ1) is 19.1. The van der Waals surface area contributed by atoms with Crippen LogP contribution in [0.3, 0.4) is 0 Å². The molecule has 4 aromatic carbocycles. The van der Waals surface area contributed by atoms with Crippen molar-refractivity contribution in [3.8, 4) is 11.3 Å². The molecule has 0 spiro atoms. The number of benzene rings is 4. The molecule has 0 unspecified atom stereocenters. The van der Waals surface area contributed by atoms with Gasteiger partial charge < -0.3 is 0 Å². The van der Waals surface area contributed by atoms with Crippen molar-refractivity contribution < 1.29 is 0 Å². The third-order valence-corrected chi connectivity index (χ3v) is 7.81. The van der Waals surface area contributed by atoms with E-state index < -0.39 is 0 Å². The maximum atomic E-state index is 6.38. The van der Waals surface area contributed by atoms with Crippen LogP contribution in [0.5, 0.6) is 0 Å². The minimum absolute atomic E-state index is 0.241. The van der Waals surface area contributed by atoms with Crippen molar-refractivity contribution in [2.24, 2.45) is 4.99 Å². The van der Waals surface area contributed by atoms with Gasteiger partial charge in [-0.3, -0.25) is 4.99 Å². The zero-order chi connectivity index (χ0) is 26.8. The number of rotatable bonds is 6. The summed E-state index contributed by atoms with van der Waals surface area (Å²) in [5.41, 5.74) is 7.52. The fraction of sp³-hybridized carbons (Fsp3) is 0.0294. The fourth-order valence-electron chi connectivity index (χ4n) is 4.63. The van der Waals surface area contributed by atoms with Crippen LogP contribution in [-0.2, 0) is 0 Å². The predicted molar refractivity (Wildman–Crippen MR) is 167 cm³/mol. The SMILES string of the molecule is C=C(/C=C(\N=C(C)c1ccccc1)c1ccccc1)c1cccc(-c2nc(Cl)nc3sc4ccccc4c23)c1. The molecule has 6 aromatic rings. The molecule has 2 heterocycles. The lowest BCUT2D eigenvalue weighted by atomic mass is 9.99. The van der Waals surface area contributed by atoms with Gasteiger partial charge >= 0.3 is 0 Å².